The topological polar surface area (TPSA) is 45.7 Å². The second-order valence-electron chi connectivity index (χ2n) is 5.09. The van der Waals surface area contributed by atoms with Crippen molar-refractivity contribution in [3.05, 3.63) is 65.5 Å². The Bertz CT molecular complexity index is 641. The molecular weight excluding hydrogens is 293 g/mol. The van der Waals surface area contributed by atoms with Crippen molar-refractivity contribution in [1.29, 1.82) is 0 Å². The van der Waals surface area contributed by atoms with Crippen LogP contribution in [0.25, 0.3) is 0 Å². The van der Waals surface area contributed by atoms with Gasteiger partial charge in [-0.15, -0.1) is 0 Å². The van der Waals surface area contributed by atoms with E-state index in [-0.39, 0.29) is 5.82 Å². The molecule has 0 amide bonds. The molecule has 5 heteroatoms. The summed E-state index contributed by atoms with van der Waals surface area (Å²) in [4.78, 5) is 4.15. The number of ether oxygens (including phenoxy) is 1. The molecule has 2 rings (SSSR count). The monoisotopic (exact) mass is 315 g/mol. The molecule has 0 aliphatic rings. The first-order chi connectivity index (χ1) is 11.2. The molecule has 122 valence electrons. The van der Waals surface area contributed by atoms with Crippen LogP contribution in [0.15, 0.2) is 53.5 Å². The van der Waals surface area contributed by atoms with Gasteiger partial charge in [-0.3, -0.25) is 4.99 Å². The Hall–Kier alpha value is -2.56. The van der Waals surface area contributed by atoms with Crippen molar-refractivity contribution in [1.82, 2.24) is 10.6 Å². The Balaban J connectivity index is 1.71. The summed E-state index contributed by atoms with van der Waals surface area (Å²) in [5.41, 5.74) is 2.11. The van der Waals surface area contributed by atoms with E-state index < -0.39 is 0 Å². The van der Waals surface area contributed by atoms with Crippen LogP contribution in [-0.4, -0.2) is 26.2 Å². The molecule has 0 bridgehead atoms. The highest BCUT2D eigenvalue weighted by Gasteiger charge is 2.00. The highest BCUT2D eigenvalue weighted by molar-refractivity contribution is 5.79. The summed E-state index contributed by atoms with van der Waals surface area (Å²) in [5.74, 6) is 1.34. The quantitative estimate of drug-likeness (QED) is 0.489. The average molecular weight is 315 g/mol. The number of para-hydroxylation sites is 1. The van der Waals surface area contributed by atoms with Gasteiger partial charge in [-0.2, -0.15) is 0 Å². The van der Waals surface area contributed by atoms with Crippen molar-refractivity contribution in [2.75, 3.05) is 20.2 Å². The maximum Gasteiger partial charge on any atom is 0.191 e. The van der Waals surface area contributed by atoms with Crippen LogP contribution in [0.1, 0.15) is 11.1 Å². The molecular formula is C18H22FN3O. The predicted molar refractivity (Wildman–Crippen MR) is 91.3 cm³/mol. The van der Waals surface area contributed by atoms with E-state index in [1.54, 1.807) is 19.2 Å². The highest BCUT2D eigenvalue weighted by atomic mass is 19.1. The molecule has 0 aromatic heterocycles. The maximum atomic E-state index is 12.9. The molecule has 23 heavy (non-hydrogen) atoms. The summed E-state index contributed by atoms with van der Waals surface area (Å²) in [6, 6.07) is 14.3. The van der Waals surface area contributed by atoms with E-state index in [2.05, 4.69) is 15.6 Å². The Morgan fingerprint density at radius 3 is 2.52 bits per heavy atom. The second-order valence-corrected chi connectivity index (χ2v) is 5.09. The summed E-state index contributed by atoms with van der Waals surface area (Å²) in [7, 11) is 1.71. The number of rotatable bonds is 6. The molecule has 2 N–H and O–H groups in total. The smallest absolute Gasteiger partial charge is 0.191 e. The average Bonchev–Trinajstić information content (AvgIpc) is 2.57. The Labute approximate surface area is 136 Å². The summed E-state index contributed by atoms with van der Waals surface area (Å²) >= 11 is 0. The van der Waals surface area contributed by atoms with Gasteiger partial charge in [0.1, 0.15) is 18.2 Å². The van der Waals surface area contributed by atoms with Gasteiger partial charge in [0.2, 0.25) is 0 Å². The van der Waals surface area contributed by atoms with Gasteiger partial charge >= 0.3 is 0 Å². The third-order valence-electron chi connectivity index (χ3n) is 3.34. The molecule has 0 unspecified atom stereocenters. The van der Waals surface area contributed by atoms with Gasteiger partial charge in [-0.05, 0) is 36.2 Å². The van der Waals surface area contributed by atoms with Crippen molar-refractivity contribution in [3.8, 4) is 5.75 Å². The number of hydrogen-bond donors (Lipinski definition) is 2. The SMILES string of the molecule is CN=C(NCCOc1ccccc1C)NCc1ccc(F)cc1. The molecule has 0 aliphatic carbocycles. The van der Waals surface area contributed by atoms with Crippen molar-refractivity contribution in [3.63, 3.8) is 0 Å². The van der Waals surface area contributed by atoms with E-state index in [4.69, 9.17) is 4.74 Å². The second kappa shape index (κ2) is 8.78. The van der Waals surface area contributed by atoms with Gasteiger partial charge < -0.3 is 15.4 Å². The lowest BCUT2D eigenvalue weighted by Gasteiger charge is -2.13. The van der Waals surface area contributed by atoms with Gasteiger partial charge in [-0.25, -0.2) is 4.39 Å². The van der Waals surface area contributed by atoms with Crippen LogP contribution < -0.4 is 15.4 Å². The van der Waals surface area contributed by atoms with Crippen molar-refractivity contribution < 1.29 is 9.13 Å². The van der Waals surface area contributed by atoms with Gasteiger partial charge in [-0.1, -0.05) is 30.3 Å². The molecule has 2 aromatic rings. The van der Waals surface area contributed by atoms with E-state index in [9.17, 15) is 4.39 Å². The first kappa shape index (κ1) is 16.8. The molecule has 0 radical (unpaired) electrons. The third kappa shape index (κ3) is 5.62. The fraction of sp³-hybridized carbons (Fsp3) is 0.278. The van der Waals surface area contributed by atoms with Crippen LogP contribution in [0.2, 0.25) is 0 Å². The fourth-order valence-corrected chi connectivity index (χ4v) is 2.06. The lowest BCUT2D eigenvalue weighted by molar-refractivity contribution is 0.320. The predicted octanol–water partition coefficient (Wildman–Crippen LogP) is 2.88. The van der Waals surface area contributed by atoms with E-state index >= 15 is 0 Å². The van der Waals surface area contributed by atoms with Crippen molar-refractivity contribution in [2.45, 2.75) is 13.5 Å². The van der Waals surface area contributed by atoms with E-state index in [0.717, 1.165) is 16.9 Å². The van der Waals surface area contributed by atoms with Crippen LogP contribution in [0.4, 0.5) is 4.39 Å². The lowest BCUT2D eigenvalue weighted by atomic mass is 10.2. The molecule has 0 saturated heterocycles. The number of aliphatic imine (C=N–C) groups is 1. The summed E-state index contributed by atoms with van der Waals surface area (Å²) in [6.07, 6.45) is 0. The van der Waals surface area contributed by atoms with Crippen molar-refractivity contribution >= 4 is 5.96 Å². The zero-order valence-electron chi connectivity index (χ0n) is 13.5. The Kier molecular flexibility index (Phi) is 6.41. The van der Waals surface area contributed by atoms with Crippen LogP contribution >= 0.6 is 0 Å². The number of aryl methyl sites for hydroxylation is 1. The fourth-order valence-electron chi connectivity index (χ4n) is 2.06. The standard InChI is InChI=1S/C18H22FN3O/c1-14-5-3-4-6-17(14)23-12-11-21-18(20-2)22-13-15-7-9-16(19)10-8-15/h3-10H,11-13H2,1-2H3,(H2,20,21,22). The third-order valence-corrected chi connectivity index (χ3v) is 3.34. The van der Waals surface area contributed by atoms with Crippen molar-refractivity contribution in [2.24, 2.45) is 4.99 Å². The molecule has 0 fully saturated rings. The number of hydrogen-bond acceptors (Lipinski definition) is 2. The van der Waals surface area contributed by atoms with Gasteiger partial charge in [0.25, 0.3) is 0 Å². The van der Waals surface area contributed by atoms with E-state index in [1.807, 2.05) is 31.2 Å². The number of nitrogens with one attached hydrogen (secondary N) is 2. The number of halogens is 1. The molecule has 0 atom stereocenters. The van der Waals surface area contributed by atoms with Crippen LogP contribution in [0.5, 0.6) is 5.75 Å². The molecule has 0 aliphatic heterocycles. The summed E-state index contributed by atoms with van der Waals surface area (Å²) < 4.78 is 18.6. The Morgan fingerprint density at radius 2 is 1.83 bits per heavy atom. The van der Waals surface area contributed by atoms with Crippen LogP contribution in [-0.2, 0) is 6.54 Å². The highest BCUT2D eigenvalue weighted by Crippen LogP contribution is 2.15. The van der Waals surface area contributed by atoms with E-state index in [0.29, 0.717) is 25.7 Å². The zero-order chi connectivity index (χ0) is 16.5. The minimum atomic E-state index is -0.232. The van der Waals surface area contributed by atoms with Gasteiger partial charge in [0.05, 0.1) is 6.54 Å². The molecule has 0 heterocycles. The van der Waals surface area contributed by atoms with Crippen LogP contribution in [0.3, 0.4) is 0 Å². The molecule has 0 saturated carbocycles. The lowest BCUT2D eigenvalue weighted by Crippen LogP contribution is -2.38. The normalized spacial score (nSPS) is 11.2. The zero-order valence-corrected chi connectivity index (χ0v) is 13.5. The Morgan fingerprint density at radius 1 is 1.09 bits per heavy atom. The maximum absolute atomic E-state index is 12.9. The van der Waals surface area contributed by atoms with Gasteiger partial charge in [0, 0.05) is 13.6 Å². The van der Waals surface area contributed by atoms with Gasteiger partial charge in [0.15, 0.2) is 5.96 Å². The van der Waals surface area contributed by atoms with E-state index in [1.165, 1.54) is 12.1 Å². The first-order valence-corrected chi connectivity index (χ1v) is 7.56. The number of guanidine groups is 1. The minimum absolute atomic E-state index is 0.232. The van der Waals surface area contributed by atoms with Crippen LogP contribution in [0, 0.1) is 12.7 Å². The summed E-state index contributed by atoms with van der Waals surface area (Å²) in [5, 5.41) is 6.36. The summed E-state index contributed by atoms with van der Waals surface area (Å²) in [6.45, 7) is 3.78. The number of nitrogens with zero attached hydrogens (tertiary/aromatic N) is 1. The minimum Gasteiger partial charge on any atom is -0.491 e. The first-order valence-electron chi connectivity index (χ1n) is 7.56. The molecule has 0 spiro atoms. The largest absolute Gasteiger partial charge is 0.491 e. The molecule has 2 aromatic carbocycles. The molecule has 4 nitrogen and oxygen atoms in total. The number of benzene rings is 2.